The SMILES string of the molecule is CC[C@H]1C(=O)C2C3CC[C@H]([C@H](C)CCC(=O)O)[C@@]3(C)CCC2[C@@]2(C)CC[C@@H](O)C[C@@H]12. The number of carboxylic acids is 1. The highest BCUT2D eigenvalue weighted by molar-refractivity contribution is 5.86. The van der Waals surface area contributed by atoms with Crippen LogP contribution in [0.5, 0.6) is 0 Å². The number of Topliss-reactive ketones (excluding diaryl/α,β-unsaturated/α-hetero) is 1. The summed E-state index contributed by atoms with van der Waals surface area (Å²) in [5, 5.41) is 19.5. The summed E-state index contributed by atoms with van der Waals surface area (Å²) in [5.41, 5.74) is 0.358. The second-order valence-electron chi connectivity index (χ2n) is 11.8. The maximum Gasteiger partial charge on any atom is 0.303 e. The lowest BCUT2D eigenvalue weighted by molar-refractivity contribution is -0.173. The molecule has 0 heterocycles. The zero-order valence-electron chi connectivity index (χ0n) is 19.4. The first-order chi connectivity index (χ1) is 14.1. The van der Waals surface area contributed by atoms with Crippen molar-refractivity contribution in [1.29, 1.82) is 0 Å². The molecule has 4 saturated carbocycles. The third-order valence-corrected chi connectivity index (χ3v) is 10.7. The summed E-state index contributed by atoms with van der Waals surface area (Å²) in [6, 6.07) is 0. The van der Waals surface area contributed by atoms with E-state index < -0.39 is 5.97 Å². The minimum Gasteiger partial charge on any atom is -0.481 e. The Morgan fingerprint density at radius 1 is 1.07 bits per heavy atom. The van der Waals surface area contributed by atoms with Gasteiger partial charge < -0.3 is 10.2 Å². The fraction of sp³-hybridized carbons (Fsp3) is 0.923. The van der Waals surface area contributed by atoms with E-state index >= 15 is 0 Å². The van der Waals surface area contributed by atoms with Crippen molar-refractivity contribution in [2.45, 2.75) is 98.0 Å². The fourth-order valence-electron chi connectivity index (χ4n) is 9.16. The van der Waals surface area contributed by atoms with Gasteiger partial charge in [-0.2, -0.15) is 0 Å². The molecule has 4 rings (SSSR count). The fourth-order valence-corrected chi connectivity index (χ4v) is 9.16. The average Bonchev–Trinajstić information content (AvgIpc) is 3.05. The zero-order chi connectivity index (χ0) is 21.8. The average molecular weight is 419 g/mol. The van der Waals surface area contributed by atoms with Crippen LogP contribution in [0.4, 0.5) is 0 Å². The summed E-state index contributed by atoms with van der Waals surface area (Å²) >= 11 is 0. The molecule has 4 nitrogen and oxygen atoms in total. The van der Waals surface area contributed by atoms with E-state index in [0.29, 0.717) is 35.4 Å². The van der Waals surface area contributed by atoms with E-state index in [0.717, 1.165) is 51.4 Å². The summed E-state index contributed by atoms with van der Waals surface area (Å²) in [4.78, 5) is 25.0. The van der Waals surface area contributed by atoms with Crippen LogP contribution in [0, 0.1) is 52.3 Å². The topological polar surface area (TPSA) is 74.6 Å². The van der Waals surface area contributed by atoms with Gasteiger partial charge in [-0.15, -0.1) is 0 Å². The lowest BCUT2D eigenvalue weighted by Crippen LogP contribution is -2.60. The molecule has 4 fully saturated rings. The van der Waals surface area contributed by atoms with Crippen molar-refractivity contribution in [3.05, 3.63) is 0 Å². The summed E-state index contributed by atoms with van der Waals surface area (Å²) in [5.74, 6) is 2.31. The maximum atomic E-state index is 13.9. The van der Waals surface area contributed by atoms with Gasteiger partial charge in [-0.05, 0) is 98.2 Å². The third kappa shape index (κ3) is 3.27. The molecule has 10 atom stereocenters. The van der Waals surface area contributed by atoms with E-state index in [4.69, 9.17) is 5.11 Å². The zero-order valence-corrected chi connectivity index (χ0v) is 19.4. The second-order valence-corrected chi connectivity index (χ2v) is 11.8. The third-order valence-electron chi connectivity index (χ3n) is 10.7. The number of fused-ring (bicyclic) bond motifs is 5. The largest absolute Gasteiger partial charge is 0.481 e. The Hall–Kier alpha value is -0.900. The minimum absolute atomic E-state index is 0.108. The molecule has 0 aromatic heterocycles. The van der Waals surface area contributed by atoms with Gasteiger partial charge in [0.25, 0.3) is 0 Å². The van der Waals surface area contributed by atoms with Crippen LogP contribution in [0.3, 0.4) is 0 Å². The summed E-state index contributed by atoms with van der Waals surface area (Å²) in [7, 11) is 0. The van der Waals surface area contributed by atoms with Crippen LogP contribution in [-0.2, 0) is 9.59 Å². The van der Waals surface area contributed by atoms with E-state index in [1.165, 1.54) is 6.42 Å². The summed E-state index contributed by atoms with van der Waals surface area (Å²) in [6.07, 6.45) is 9.01. The van der Waals surface area contributed by atoms with Crippen LogP contribution in [0.2, 0.25) is 0 Å². The minimum atomic E-state index is -0.697. The van der Waals surface area contributed by atoms with Gasteiger partial charge in [0.1, 0.15) is 5.78 Å². The molecule has 4 aliphatic carbocycles. The van der Waals surface area contributed by atoms with Crippen molar-refractivity contribution in [2.24, 2.45) is 52.3 Å². The molecule has 4 heteroatoms. The van der Waals surface area contributed by atoms with E-state index in [2.05, 4.69) is 27.7 Å². The Labute approximate surface area is 182 Å². The van der Waals surface area contributed by atoms with Gasteiger partial charge >= 0.3 is 5.97 Å². The van der Waals surface area contributed by atoms with Crippen LogP contribution < -0.4 is 0 Å². The van der Waals surface area contributed by atoms with Crippen LogP contribution >= 0.6 is 0 Å². The highest BCUT2D eigenvalue weighted by Gasteiger charge is 2.65. The maximum absolute atomic E-state index is 13.9. The number of aliphatic carboxylic acids is 1. The van der Waals surface area contributed by atoms with Crippen molar-refractivity contribution >= 4 is 11.8 Å². The van der Waals surface area contributed by atoms with Gasteiger partial charge in [0, 0.05) is 18.3 Å². The van der Waals surface area contributed by atoms with E-state index in [1.807, 2.05) is 0 Å². The number of carbonyl (C=O) groups is 2. The van der Waals surface area contributed by atoms with Crippen LogP contribution in [0.15, 0.2) is 0 Å². The number of hydrogen-bond acceptors (Lipinski definition) is 3. The molecule has 170 valence electrons. The Balaban J connectivity index is 1.62. The predicted molar refractivity (Wildman–Crippen MR) is 117 cm³/mol. The van der Waals surface area contributed by atoms with Crippen LogP contribution in [0.1, 0.15) is 91.9 Å². The smallest absolute Gasteiger partial charge is 0.303 e. The van der Waals surface area contributed by atoms with Crippen molar-refractivity contribution in [3.8, 4) is 0 Å². The Morgan fingerprint density at radius 3 is 2.40 bits per heavy atom. The number of hydrogen-bond donors (Lipinski definition) is 2. The Kier molecular flexibility index (Phi) is 5.87. The Bertz CT molecular complexity index is 689. The number of rotatable bonds is 5. The van der Waals surface area contributed by atoms with Crippen molar-refractivity contribution in [2.75, 3.05) is 0 Å². The molecule has 30 heavy (non-hydrogen) atoms. The summed E-state index contributed by atoms with van der Waals surface area (Å²) < 4.78 is 0. The molecule has 0 radical (unpaired) electrons. The first-order valence-electron chi connectivity index (χ1n) is 12.6. The van der Waals surface area contributed by atoms with E-state index in [9.17, 15) is 14.7 Å². The summed E-state index contributed by atoms with van der Waals surface area (Å²) in [6.45, 7) is 9.28. The van der Waals surface area contributed by atoms with E-state index in [1.54, 1.807) is 0 Å². The molecule has 0 aromatic carbocycles. The molecule has 0 bridgehead atoms. The first kappa shape index (κ1) is 22.3. The molecular formula is C26H42O4. The first-order valence-corrected chi connectivity index (χ1v) is 12.6. The predicted octanol–water partition coefficient (Wildman–Crippen LogP) is 5.32. The quantitative estimate of drug-likeness (QED) is 0.633. The molecule has 3 unspecified atom stereocenters. The van der Waals surface area contributed by atoms with Crippen LogP contribution in [-0.4, -0.2) is 28.1 Å². The molecule has 0 aromatic rings. The monoisotopic (exact) mass is 418 g/mol. The standard InChI is InChI=1S/C26H42O4/c1-5-17-21-14-16(27)10-12-26(21,4)20-11-13-25(3)18(15(2)6-9-22(28)29)7-8-19(25)23(20)24(17)30/h15-21,23,27H,5-14H2,1-4H3,(H,28,29)/t15-,16-,17-,18-,19?,20?,21+,23?,25-,26-/m1/s1. The molecule has 4 aliphatic rings. The van der Waals surface area contributed by atoms with Gasteiger partial charge in [-0.25, -0.2) is 0 Å². The Morgan fingerprint density at radius 2 is 1.73 bits per heavy atom. The van der Waals surface area contributed by atoms with Gasteiger partial charge in [-0.1, -0.05) is 27.7 Å². The van der Waals surface area contributed by atoms with Crippen LogP contribution in [0.25, 0.3) is 0 Å². The number of aliphatic hydroxyl groups is 1. The molecule has 0 spiro atoms. The highest BCUT2D eigenvalue weighted by Crippen LogP contribution is 2.68. The van der Waals surface area contributed by atoms with Crippen molar-refractivity contribution < 1.29 is 19.8 Å². The highest BCUT2D eigenvalue weighted by atomic mass is 16.4. The van der Waals surface area contributed by atoms with Crippen molar-refractivity contribution in [3.63, 3.8) is 0 Å². The number of ketones is 1. The van der Waals surface area contributed by atoms with Crippen molar-refractivity contribution in [1.82, 2.24) is 0 Å². The number of carbonyl (C=O) groups excluding carboxylic acids is 1. The lowest BCUT2D eigenvalue weighted by atomic mass is 9.42. The molecule has 2 N–H and O–H groups in total. The normalized spacial score (nSPS) is 49.1. The molecule has 0 amide bonds. The van der Waals surface area contributed by atoms with Gasteiger partial charge in [0.15, 0.2) is 0 Å². The lowest BCUT2D eigenvalue weighted by Gasteiger charge is -2.62. The second kappa shape index (κ2) is 7.90. The van der Waals surface area contributed by atoms with E-state index in [-0.39, 0.29) is 35.2 Å². The number of aliphatic hydroxyl groups excluding tert-OH is 1. The van der Waals surface area contributed by atoms with Gasteiger partial charge in [-0.3, -0.25) is 9.59 Å². The molecular weight excluding hydrogens is 376 g/mol. The van der Waals surface area contributed by atoms with Gasteiger partial charge in [0.2, 0.25) is 0 Å². The number of carboxylic acid groups (broad SMARTS) is 1. The van der Waals surface area contributed by atoms with Gasteiger partial charge in [0.05, 0.1) is 6.10 Å². The molecule has 0 aliphatic heterocycles. The molecule has 0 saturated heterocycles.